The zero-order valence-corrected chi connectivity index (χ0v) is 17.0. The normalized spacial score (nSPS) is 29.1. The first-order valence-corrected chi connectivity index (χ1v) is 10.9. The van der Waals surface area contributed by atoms with Gasteiger partial charge in [0.25, 0.3) is 0 Å². The van der Waals surface area contributed by atoms with Gasteiger partial charge in [-0.15, -0.1) is 5.10 Å². The van der Waals surface area contributed by atoms with E-state index in [1.807, 2.05) is 0 Å². The van der Waals surface area contributed by atoms with Crippen molar-refractivity contribution < 1.29 is 23.1 Å². The lowest BCUT2D eigenvalue weighted by Crippen LogP contribution is -2.38. The molecule has 0 spiro atoms. The number of aliphatic carboxylic acids is 1. The van der Waals surface area contributed by atoms with Crippen LogP contribution in [0.25, 0.3) is 0 Å². The summed E-state index contributed by atoms with van der Waals surface area (Å²) in [5.74, 6) is 1.51. The molecule has 0 radical (unpaired) electrons. The first-order chi connectivity index (χ1) is 14.3. The highest BCUT2D eigenvalue weighted by Gasteiger charge is 2.38. The second-order valence-corrected chi connectivity index (χ2v) is 9.23. The molecule has 1 saturated heterocycles. The van der Waals surface area contributed by atoms with Crippen LogP contribution in [0.5, 0.6) is 0 Å². The number of aromatic nitrogens is 3. The van der Waals surface area contributed by atoms with Gasteiger partial charge in [0.05, 0.1) is 5.69 Å². The van der Waals surface area contributed by atoms with E-state index in [1.54, 1.807) is 0 Å². The maximum atomic E-state index is 10.6. The number of nitrogens with zero attached hydrogens (tertiary/aromatic N) is 4. The Labute approximate surface area is 174 Å². The Morgan fingerprint density at radius 2 is 1.80 bits per heavy atom. The van der Waals surface area contributed by atoms with Crippen molar-refractivity contribution in [1.29, 1.82) is 0 Å². The number of carbonyl (C=O) groups is 1. The molecule has 30 heavy (non-hydrogen) atoms. The summed E-state index contributed by atoms with van der Waals surface area (Å²) in [5.41, 5.74) is 1.23. The van der Waals surface area contributed by atoms with Gasteiger partial charge >= 0.3 is 12.1 Å². The van der Waals surface area contributed by atoms with Gasteiger partial charge in [0.2, 0.25) is 0 Å². The second-order valence-electron chi connectivity index (χ2n) is 9.23. The van der Waals surface area contributed by atoms with E-state index in [-0.39, 0.29) is 0 Å². The molecule has 1 unspecified atom stereocenters. The Kier molecular flexibility index (Phi) is 6.18. The number of hydrogen-bond acceptors (Lipinski definition) is 4. The van der Waals surface area contributed by atoms with Gasteiger partial charge in [-0.25, -0.2) is 4.79 Å². The summed E-state index contributed by atoms with van der Waals surface area (Å²) in [7, 11) is 0. The molecule has 9 heteroatoms. The molecular weight excluding hydrogens is 397 g/mol. The van der Waals surface area contributed by atoms with Crippen molar-refractivity contribution in [2.45, 2.75) is 57.2 Å². The minimum Gasteiger partial charge on any atom is -0.475 e. The Hall–Kier alpha value is -1.90. The van der Waals surface area contributed by atoms with Crippen molar-refractivity contribution in [3.05, 3.63) is 24.0 Å². The molecular formula is C21H29F3N4O2. The van der Waals surface area contributed by atoms with E-state index in [2.05, 4.69) is 38.2 Å². The number of hydrogen-bond donors (Lipinski definition) is 1. The molecule has 166 valence electrons. The highest BCUT2D eigenvalue weighted by Crippen LogP contribution is 2.44. The summed E-state index contributed by atoms with van der Waals surface area (Å²) in [6, 6.07) is 0. The number of likely N-dealkylation sites (tertiary alicyclic amines) is 1. The molecule has 3 fully saturated rings. The van der Waals surface area contributed by atoms with Gasteiger partial charge in [-0.1, -0.05) is 17.4 Å². The first kappa shape index (κ1) is 21.3. The number of carboxylic acids is 1. The van der Waals surface area contributed by atoms with Crippen LogP contribution in [-0.2, 0) is 11.3 Å². The van der Waals surface area contributed by atoms with Gasteiger partial charge in [-0.2, -0.15) is 13.2 Å². The Morgan fingerprint density at radius 1 is 1.10 bits per heavy atom. The molecule has 2 heterocycles. The lowest BCUT2D eigenvalue weighted by molar-refractivity contribution is -0.192. The maximum Gasteiger partial charge on any atom is 0.490 e. The molecule has 4 aliphatic rings. The molecule has 3 atom stereocenters. The maximum absolute atomic E-state index is 10.6. The molecule has 6 nitrogen and oxygen atoms in total. The molecule has 1 aliphatic heterocycles. The first-order valence-electron chi connectivity index (χ1n) is 10.9. The smallest absolute Gasteiger partial charge is 0.475 e. The number of piperidine rings is 1. The zero-order chi connectivity index (χ0) is 21.3. The number of halogens is 3. The van der Waals surface area contributed by atoms with Gasteiger partial charge in [0.15, 0.2) is 0 Å². The van der Waals surface area contributed by atoms with E-state index in [1.165, 1.54) is 63.9 Å². The molecule has 2 saturated carbocycles. The number of fused-ring (bicyclic) bond motifs is 2. The molecule has 1 aromatic rings. The highest BCUT2D eigenvalue weighted by atomic mass is 19.4. The minimum absolute atomic E-state index is 0.724. The fourth-order valence-electron chi connectivity index (χ4n) is 5.02. The van der Waals surface area contributed by atoms with Crippen LogP contribution < -0.4 is 0 Å². The van der Waals surface area contributed by atoms with Crippen molar-refractivity contribution in [1.82, 2.24) is 19.9 Å². The standard InChI is InChI=1S/C19H28N4.C2HF3O2/c1-2-17-9-15(1)10-18(17)12-22-7-5-14(6-8-22)11-23-13-19(20-21-23)16-3-4-16;3-2(4,5)1(6)7/h1-2,13-18H,3-12H2;(H,6,7)/t15-,17+,18?;/m0./s1. The van der Waals surface area contributed by atoms with Crippen molar-refractivity contribution in [2.24, 2.45) is 23.7 Å². The zero-order valence-electron chi connectivity index (χ0n) is 17.0. The fraction of sp³-hybridized carbons (Fsp3) is 0.762. The van der Waals surface area contributed by atoms with Gasteiger partial charge in [-0.05, 0) is 75.3 Å². The average molecular weight is 426 g/mol. The molecule has 2 bridgehead atoms. The van der Waals surface area contributed by atoms with Crippen LogP contribution >= 0.6 is 0 Å². The van der Waals surface area contributed by atoms with Crippen molar-refractivity contribution in [2.75, 3.05) is 19.6 Å². The summed E-state index contributed by atoms with van der Waals surface area (Å²) < 4.78 is 33.8. The van der Waals surface area contributed by atoms with E-state index in [9.17, 15) is 13.2 Å². The number of rotatable bonds is 5. The van der Waals surface area contributed by atoms with E-state index in [0.717, 1.165) is 36.1 Å². The quantitative estimate of drug-likeness (QED) is 0.727. The molecule has 0 amide bonds. The Bertz CT molecular complexity index is 767. The molecule has 1 aromatic heterocycles. The lowest BCUT2D eigenvalue weighted by atomic mass is 9.91. The minimum atomic E-state index is -5.08. The third-order valence-electron chi connectivity index (χ3n) is 6.86. The number of alkyl halides is 3. The predicted molar refractivity (Wildman–Crippen MR) is 104 cm³/mol. The van der Waals surface area contributed by atoms with Gasteiger partial charge in [0, 0.05) is 25.2 Å². The van der Waals surface area contributed by atoms with E-state index in [0.29, 0.717) is 0 Å². The van der Waals surface area contributed by atoms with Crippen LogP contribution in [0.3, 0.4) is 0 Å². The van der Waals surface area contributed by atoms with Crippen molar-refractivity contribution >= 4 is 5.97 Å². The van der Waals surface area contributed by atoms with Crippen LogP contribution in [0, 0.1) is 23.7 Å². The van der Waals surface area contributed by atoms with Crippen LogP contribution in [0.4, 0.5) is 13.2 Å². The van der Waals surface area contributed by atoms with E-state index in [4.69, 9.17) is 9.90 Å². The summed E-state index contributed by atoms with van der Waals surface area (Å²) in [5, 5.41) is 15.8. The average Bonchev–Trinajstić information content (AvgIpc) is 3.10. The SMILES string of the molecule is C1=C[C@@H]2C[C@H]1CC2CN1CCC(Cn2cc(C3CC3)nn2)CC1.O=C(O)C(F)(F)F. The second kappa shape index (κ2) is 8.69. The fourth-order valence-corrected chi connectivity index (χ4v) is 5.02. The summed E-state index contributed by atoms with van der Waals surface area (Å²) in [4.78, 5) is 11.6. The summed E-state index contributed by atoms with van der Waals surface area (Å²) >= 11 is 0. The van der Waals surface area contributed by atoms with Gasteiger partial charge in [0.1, 0.15) is 0 Å². The molecule has 5 rings (SSSR count). The Balaban J connectivity index is 0.000000272. The largest absolute Gasteiger partial charge is 0.490 e. The predicted octanol–water partition coefficient (Wildman–Crippen LogP) is 3.71. The summed E-state index contributed by atoms with van der Waals surface area (Å²) in [6.45, 7) is 4.98. The summed E-state index contributed by atoms with van der Waals surface area (Å²) in [6.07, 6.45) is 10.2. The highest BCUT2D eigenvalue weighted by molar-refractivity contribution is 5.73. The van der Waals surface area contributed by atoms with Gasteiger partial charge < -0.3 is 10.0 Å². The van der Waals surface area contributed by atoms with Crippen LogP contribution in [0.1, 0.15) is 50.1 Å². The number of allylic oxidation sites excluding steroid dienone is 2. The third kappa shape index (κ3) is 5.42. The Morgan fingerprint density at radius 3 is 2.33 bits per heavy atom. The molecule has 1 N–H and O–H groups in total. The van der Waals surface area contributed by atoms with Gasteiger partial charge in [-0.3, -0.25) is 4.68 Å². The monoisotopic (exact) mass is 426 g/mol. The van der Waals surface area contributed by atoms with Crippen molar-refractivity contribution in [3.8, 4) is 0 Å². The number of carboxylic acid groups (broad SMARTS) is 1. The molecule has 0 aromatic carbocycles. The van der Waals surface area contributed by atoms with Crippen LogP contribution in [-0.4, -0.2) is 56.8 Å². The van der Waals surface area contributed by atoms with E-state index >= 15 is 0 Å². The van der Waals surface area contributed by atoms with Crippen LogP contribution in [0.15, 0.2) is 18.3 Å². The third-order valence-corrected chi connectivity index (χ3v) is 6.86. The van der Waals surface area contributed by atoms with Crippen LogP contribution in [0.2, 0.25) is 0 Å². The van der Waals surface area contributed by atoms with Crippen molar-refractivity contribution in [3.63, 3.8) is 0 Å². The lowest BCUT2D eigenvalue weighted by Gasteiger charge is -2.34. The van der Waals surface area contributed by atoms with E-state index < -0.39 is 12.1 Å². The topological polar surface area (TPSA) is 71.2 Å². The molecule has 3 aliphatic carbocycles.